The molecule has 2 heteroatoms. The van der Waals surface area contributed by atoms with E-state index < -0.39 is 0 Å². The molecule has 1 rings (SSSR count). The molecule has 1 unspecified atom stereocenters. The molecule has 0 aliphatic heterocycles. The van der Waals surface area contributed by atoms with E-state index >= 15 is 0 Å². The molecule has 108 valence electrons. The molecule has 1 N–H and O–H groups in total. The first-order chi connectivity index (χ1) is 8.63. The maximum Gasteiger partial charge on any atom is 0.0110 e. The predicted molar refractivity (Wildman–Crippen MR) is 81.0 cm³/mol. The molecule has 1 atom stereocenters. The summed E-state index contributed by atoms with van der Waals surface area (Å²) < 4.78 is 0. The Bertz CT molecular complexity index is 199. The van der Waals surface area contributed by atoms with Crippen LogP contribution in [0.2, 0.25) is 0 Å². The fraction of sp³-hybridized carbons (Fsp3) is 1.00. The average molecular weight is 254 g/mol. The highest BCUT2D eigenvalue weighted by Gasteiger charge is 2.28. The number of nitrogens with one attached hydrogen (secondary N) is 1. The Morgan fingerprint density at radius 1 is 1.17 bits per heavy atom. The standard InChI is InChI=1S/C16H34N2/c1-5-6-7-8-15(4)17-11-12-18(13-14(2)3)16-9-10-16/h14-17H,5-13H2,1-4H3. The summed E-state index contributed by atoms with van der Waals surface area (Å²) in [6.45, 7) is 12.9. The second kappa shape index (κ2) is 8.92. The summed E-state index contributed by atoms with van der Waals surface area (Å²) in [4.78, 5) is 2.69. The lowest BCUT2D eigenvalue weighted by molar-refractivity contribution is 0.231. The minimum atomic E-state index is 0.691. The monoisotopic (exact) mass is 254 g/mol. The fourth-order valence-corrected chi connectivity index (χ4v) is 2.59. The molecule has 2 nitrogen and oxygen atoms in total. The zero-order chi connectivity index (χ0) is 13.4. The summed E-state index contributed by atoms with van der Waals surface area (Å²) in [7, 11) is 0. The van der Waals surface area contributed by atoms with Crippen LogP contribution in [-0.4, -0.2) is 36.6 Å². The molecule has 0 amide bonds. The molecule has 0 saturated heterocycles. The zero-order valence-corrected chi connectivity index (χ0v) is 13.0. The van der Waals surface area contributed by atoms with Gasteiger partial charge in [-0.15, -0.1) is 0 Å². The summed E-state index contributed by atoms with van der Waals surface area (Å²) in [5.41, 5.74) is 0. The van der Waals surface area contributed by atoms with Crippen LogP contribution >= 0.6 is 0 Å². The molecule has 18 heavy (non-hydrogen) atoms. The third-order valence-electron chi connectivity index (χ3n) is 3.80. The first kappa shape index (κ1) is 16.0. The molecule has 1 fully saturated rings. The van der Waals surface area contributed by atoms with Crippen LogP contribution < -0.4 is 5.32 Å². The smallest absolute Gasteiger partial charge is 0.0110 e. The van der Waals surface area contributed by atoms with Crippen LogP contribution in [0.15, 0.2) is 0 Å². The van der Waals surface area contributed by atoms with Crippen LogP contribution in [0, 0.1) is 5.92 Å². The van der Waals surface area contributed by atoms with E-state index in [1.807, 2.05) is 0 Å². The van der Waals surface area contributed by atoms with Crippen molar-refractivity contribution in [1.82, 2.24) is 10.2 Å². The average Bonchev–Trinajstić information content (AvgIpc) is 3.11. The Labute approximate surface area is 115 Å². The molecule has 0 aromatic rings. The highest BCUT2D eigenvalue weighted by Crippen LogP contribution is 2.27. The van der Waals surface area contributed by atoms with Crippen molar-refractivity contribution in [2.45, 2.75) is 78.3 Å². The largest absolute Gasteiger partial charge is 0.313 e. The van der Waals surface area contributed by atoms with Crippen LogP contribution in [0.1, 0.15) is 66.2 Å². The summed E-state index contributed by atoms with van der Waals surface area (Å²) in [6, 6.07) is 1.60. The van der Waals surface area contributed by atoms with Gasteiger partial charge in [0.05, 0.1) is 0 Å². The van der Waals surface area contributed by atoms with Crippen molar-refractivity contribution in [3.8, 4) is 0 Å². The molecular weight excluding hydrogens is 220 g/mol. The molecule has 1 saturated carbocycles. The van der Waals surface area contributed by atoms with Gasteiger partial charge in [-0.25, -0.2) is 0 Å². The minimum absolute atomic E-state index is 0.691. The maximum atomic E-state index is 3.69. The summed E-state index contributed by atoms with van der Waals surface area (Å²) in [5, 5.41) is 3.69. The summed E-state index contributed by atoms with van der Waals surface area (Å²) >= 11 is 0. The second-order valence-corrected chi connectivity index (χ2v) is 6.47. The van der Waals surface area contributed by atoms with Gasteiger partial charge in [0.25, 0.3) is 0 Å². The van der Waals surface area contributed by atoms with Gasteiger partial charge in [0.2, 0.25) is 0 Å². The number of rotatable bonds is 11. The minimum Gasteiger partial charge on any atom is -0.313 e. The van der Waals surface area contributed by atoms with Crippen LogP contribution in [0.3, 0.4) is 0 Å². The van der Waals surface area contributed by atoms with Gasteiger partial charge in [0.1, 0.15) is 0 Å². The van der Waals surface area contributed by atoms with E-state index in [4.69, 9.17) is 0 Å². The summed E-state index contributed by atoms with van der Waals surface area (Å²) in [6.07, 6.45) is 8.28. The Morgan fingerprint density at radius 3 is 2.44 bits per heavy atom. The van der Waals surface area contributed by atoms with E-state index in [1.54, 1.807) is 0 Å². The van der Waals surface area contributed by atoms with Gasteiger partial charge < -0.3 is 5.32 Å². The third-order valence-corrected chi connectivity index (χ3v) is 3.80. The first-order valence-corrected chi connectivity index (χ1v) is 8.11. The molecule has 0 heterocycles. The van der Waals surface area contributed by atoms with Crippen molar-refractivity contribution in [3.63, 3.8) is 0 Å². The van der Waals surface area contributed by atoms with E-state index in [-0.39, 0.29) is 0 Å². The van der Waals surface area contributed by atoms with Gasteiger partial charge in [-0.1, -0.05) is 40.0 Å². The number of nitrogens with zero attached hydrogens (tertiary/aromatic N) is 1. The SMILES string of the molecule is CCCCCC(C)NCCN(CC(C)C)C1CC1. The quantitative estimate of drug-likeness (QED) is 0.566. The van der Waals surface area contributed by atoms with Gasteiger partial charge >= 0.3 is 0 Å². The number of hydrogen-bond donors (Lipinski definition) is 1. The molecule has 0 aromatic carbocycles. The van der Waals surface area contributed by atoms with Crippen molar-refractivity contribution in [2.75, 3.05) is 19.6 Å². The maximum absolute atomic E-state index is 3.69. The molecule has 0 spiro atoms. The van der Waals surface area contributed by atoms with E-state index in [0.29, 0.717) is 6.04 Å². The normalized spacial score (nSPS) is 17.7. The lowest BCUT2D eigenvalue weighted by Gasteiger charge is -2.25. The Balaban J connectivity index is 2.06. The number of hydrogen-bond acceptors (Lipinski definition) is 2. The Hall–Kier alpha value is -0.0800. The van der Waals surface area contributed by atoms with Crippen LogP contribution in [0.4, 0.5) is 0 Å². The van der Waals surface area contributed by atoms with Crippen LogP contribution in [-0.2, 0) is 0 Å². The lowest BCUT2D eigenvalue weighted by Crippen LogP contribution is -2.38. The van der Waals surface area contributed by atoms with Crippen LogP contribution in [0.25, 0.3) is 0 Å². The van der Waals surface area contributed by atoms with Crippen molar-refractivity contribution < 1.29 is 0 Å². The van der Waals surface area contributed by atoms with Crippen molar-refractivity contribution in [2.24, 2.45) is 5.92 Å². The van der Waals surface area contributed by atoms with Gasteiger partial charge in [0.15, 0.2) is 0 Å². The van der Waals surface area contributed by atoms with Crippen molar-refractivity contribution in [3.05, 3.63) is 0 Å². The third kappa shape index (κ3) is 7.38. The van der Waals surface area contributed by atoms with Crippen molar-refractivity contribution >= 4 is 0 Å². The lowest BCUT2D eigenvalue weighted by atomic mass is 10.1. The Morgan fingerprint density at radius 2 is 1.89 bits per heavy atom. The highest BCUT2D eigenvalue weighted by molar-refractivity contribution is 4.85. The molecule has 0 radical (unpaired) electrons. The molecule has 0 bridgehead atoms. The molecule has 1 aliphatic rings. The highest BCUT2D eigenvalue weighted by atomic mass is 15.2. The summed E-state index contributed by atoms with van der Waals surface area (Å²) in [5.74, 6) is 0.799. The molecule has 1 aliphatic carbocycles. The predicted octanol–water partition coefficient (Wildman–Crippen LogP) is 3.67. The molecule has 0 aromatic heterocycles. The van der Waals surface area contributed by atoms with Gasteiger partial charge in [-0.3, -0.25) is 4.90 Å². The zero-order valence-electron chi connectivity index (χ0n) is 13.0. The van der Waals surface area contributed by atoms with Crippen LogP contribution in [0.5, 0.6) is 0 Å². The van der Waals surface area contributed by atoms with E-state index in [2.05, 4.69) is 37.9 Å². The van der Waals surface area contributed by atoms with Gasteiger partial charge in [0, 0.05) is 31.7 Å². The Kier molecular flexibility index (Phi) is 7.92. The van der Waals surface area contributed by atoms with E-state index in [1.165, 1.54) is 51.6 Å². The topological polar surface area (TPSA) is 15.3 Å². The van der Waals surface area contributed by atoms with E-state index in [0.717, 1.165) is 18.5 Å². The fourth-order valence-electron chi connectivity index (χ4n) is 2.59. The number of unbranched alkanes of at least 4 members (excludes halogenated alkanes) is 2. The van der Waals surface area contributed by atoms with Crippen molar-refractivity contribution in [1.29, 1.82) is 0 Å². The molecular formula is C16H34N2. The van der Waals surface area contributed by atoms with Gasteiger partial charge in [-0.05, 0) is 32.1 Å². The van der Waals surface area contributed by atoms with Gasteiger partial charge in [-0.2, -0.15) is 0 Å². The first-order valence-electron chi connectivity index (χ1n) is 8.11. The second-order valence-electron chi connectivity index (χ2n) is 6.47. The van der Waals surface area contributed by atoms with E-state index in [9.17, 15) is 0 Å².